The van der Waals surface area contributed by atoms with Gasteiger partial charge in [0.25, 0.3) is 0 Å². The predicted octanol–water partition coefficient (Wildman–Crippen LogP) is 1.72. The maximum atomic E-state index is 10.9. The molecular weight excluding hydrogens is 128 g/mol. The molecule has 2 heteroatoms. The van der Waals surface area contributed by atoms with Gasteiger partial charge in [0.1, 0.15) is 5.76 Å². The fraction of sp³-hybridized carbons (Fsp3) is 0.625. The third-order valence-corrected chi connectivity index (χ3v) is 2.38. The number of allylic oxidation sites excluding steroid dienone is 1. The van der Waals surface area contributed by atoms with Gasteiger partial charge >= 0.3 is 5.97 Å². The van der Waals surface area contributed by atoms with Gasteiger partial charge in [-0.2, -0.15) is 0 Å². The first-order valence-corrected chi connectivity index (χ1v) is 3.37. The lowest BCUT2D eigenvalue weighted by Crippen LogP contribution is -2.19. The van der Waals surface area contributed by atoms with Gasteiger partial charge in [-0.25, -0.2) is 0 Å². The third-order valence-electron chi connectivity index (χ3n) is 2.38. The molecule has 1 unspecified atom stereocenters. The maximum absolute atomic E-state index is 10.9. The fourth-order valence-corrected chi connectivity index (χ4v) is 0.877. The Morgan fingerprint density at radius 3 is 2.20 bits per heavy atom. The first kappa shape index (κ1) is 7.32. The predicted molar refractivity (Wildman–Crippen MR) is 38.2 cm³/mol. The second-order valence-corrected chi connectivity index (χ2v) is 3.29. The molecule has 1 aliphatic rings. The normalized spacial score (nSPS) is 30.5. The minimum absolute atomic E-state index is 0.0556. The molecule has 0 aromatic rings. The van der Waals surface area contributed by atoms with E-state index in [1.165, 1.54) is 0 Å². The van der Waals surface area contributed by atoms with Gasteiger partial charge in [-0.05, 0) is 0 Å². The lowest BCUT2D eigenvalue weighted by molar-refractivity contribution is -0.138. The van der Waals surface area contributed by atoms with Gasteiger partial charge in [0.2, 0.25) is 0 Å². The number of cyclic esters (lactones) is 1. The topological polar surface area (TPSA) is 26.3 Å². The van der Waals surface area contributed by atoms with Gasteiger partial charge in [-0.15, -0.1) is 0 Å². The Balaban J connectivity index is 2.96. The van der Waals surface area contributed by atoms with E-state index < -0.39 is 0 Å². The van der Waals surface area contributed by atoms with E-state index in [0.717, 1.165) is 0 Å². The third kappa shape index (κ3) is 0.753. The quantitative estimate of drug-likeness (QED) is 0.479. The number of carbonyl (C=O) groups excluding carboxylic acids is 1. The van der Waals surface area contributed by atoms with Gasteiger partial charge < -0.3 is 4.74 Å². The number of hydrogen-bond donors (Lipinski definition) is 0. The molecule has 1 saturated heterocycles. The molecule has 0 aliphatic carbocycles. The fourth-order valence-electron chi connectivity index (χ4n) is 0.877. The lowest BCUT2D eigenvalue weighted by Gasteiger charge is -2.18. The van der Waals surface area contributed by atoms with Crippen LogP contribution in [0.15, 0.2) is 12.3 Å². The molecule has 0 amide bonds. The molecule has 0 aromatic heterocycles. The van der Waals surface area contributed by atoms with Crippen molar-refractivity contribution in [2.75, 3.05) is 0 Å². The Morgan fingerprint density at radius 1 is 1.60 bits per heavy atom. The van der Waals surface area contributed by atoms with Crippen molar-refractivity contribution in [2.24, 2.45) is 11.3 Å². The monoisotopic (exact) mass is 140 g/mol. The van der Waals surface area contributed by atoms with Crippen LogP contribution in [0.3, 0.4) is 0 Å². The van der Waals surface area contributed by atoms with E-state index >= 15 is 0 Å². The smallest absolute Gasteiger partial charge is 0.314 e. The van der Waals surface area contributed by atoms with E-state index in [-0.39, 0.29) is 17.3 Å². The van der Waals surface area contributed by atoms with Crippen LogP contribution in [-0.2, 0) is 9.53 Å². The van der Waals surface area contributed by atoms with Crippen molar-refractivity contribution in [3.05, 3.63) is 12.3 Å². The van der Waals surface area contributed by atoms with Gasteiger partial charge in [-0.3, -0.25) is 4.79 Å². The van der Waals surface area contributed by atoms with Crippen molar-refractivity contribution in [2.45, 2.75) is 20.8 Å². The molecule has 1 heterocycles. The van der Waals surface area contributed by atoms with Crippen molar-refractivity contribution >= 4 is 5.97 Å². The van der Waals surface area contributed by atoms with Gasteiger partial charge in [-0.1, -0.05) is 27.4 Å². The Morgan fingerprint density at radius 2 is 2.10 bits per heavy atom. The van der Waals surface area contributed by atoms with Crippen LogP contribution in [0.25, 0.3) is 0 Å². The SMILES string of the molecule is C=C1OC(=O)C(C)C1(C)C. The zero-order valence-corrected chi connectivity index (χ0v) is 6.60. The van der Waals surface area contributed by atoms with Gasteiger partial charge in [0, 0.05) is 5.41 Å². The Bertz CT molecular complexity index is 191. The summed E-state index contributed by atoms with van der Waals surface area (Å²) in [5.41, 5.74) is -0.183. The maximum Gasteiger partial charge on any atom is 0.314 e. The molecule has 0 N–H and O–H groups in total. The van der Waals surface area contributed by atoms with Crippen molar-refractivity contribution < 1.29 is 9.53 Å². The Labute approximate surface area is 60.9 Å². The second kappa shape index (κ2) is 1.84. The highest BCUT2D eigenvalue weighted by Gasteiger charge is 2.43. The summed E-state index contributed by atoms with van der Waals surface area (Å²) in [4.78, 5) is 10.9. The average molecular weight is 140 g/mol. The van der Waals surface area contributed by atoms with Crippen molar-refractivity contribution in [1.29, 1.82) is 0 Å². The number of rotatable bonds is 0. The highest BCUT2D eigenvalue weighted by Crippen LogP contribution is 2.41. The molecule has 0 radical (unpaired) electrons. The zero-order valence-electron chi connectivity index (χ0n) is 6.60. The molecule has 0 aromatic carbocycles. The average Bonchev–Trinajstić information content (AvgIpc) is 1.97. The van der Waals surface area contributed by atoms with E-state index in [0.29, 0.717) is 5.76 Å². The largest absolute Gasteiger partial charge is 0.431 e. The van der Waals surface area contributed by atoms with E-state index in [1.54, 1.807) is 0 Å². The van der Waals surface area contributed by atoms with E-state index in [1.807, 2.05) is 20.8 Å². The molecule has 0 bridgehead atoms. The zero-order chi connectivity index (χ0) is 7.94. The van der Waals surface area contributed by atoms with E-state index in [4.69, 9.17) is 4.74 Å². The van der Waals surface area contributed by atoms with Gasteiger partial charge in [0.05, 0.1) is 5.92 Å². The van der Waals surface area contributed by atoms with Crippen LogP contribution in [0.2, 0.25) is 0 Å². The first-order valence-electron chi connectivity index (χ1n) is 3.37. The summed E-state index contributed by atoms with van der Waals surface area (Å²) in [6, 6.07) is 0. The van der Waals surface area contributed by atoms with Crippen LogP contribution in [0.5, 0.6) is 0 Å². The summed E-state index contributed by atoms with van der Waals surface area (Å²) >= 11 is 0. The number of esters is 1. The lowest BCUT2D eigenvalue weighted by atomic mass is 9.81. The summed E-state index contributed by atoms with van der Waals surface area (Å²) in [6.45, 7) is 9.45. The number of hydrogen-bond acceptors (Lipinski definition) is 2. The summed E-state index contributed by atoms with van der Waals surface area (Å²) in [6.07, 6.45) is 0. The van der Waals surface area contributed by atoms with Crippen LogP contribution in [0.4, 0.5) is 0 Å². The summed E-state index contributed by atoms with van der Waals surface area (Å²) < 4.78 is 4.86. The molecule has 1 fully saturated rings. The van der Waals surface area contributed by atoms with Crippen LogP contribution in [0, 0.1) is 11.3 Å². The van der Waals surface area contributed by atoms with E-state index in [9.17, 15) is 4.79 Å². The highest BCUT2D eigenvalue weighted by molar-refractivity contribution is 5.77. The minimum atomic E-state index is -0.183. The van der Waals surface area contributed by atoms with Crippen LogP contribution < -0.4 is 0 Å². The molecule has 0 spiro atoms. The molecule has 10 heavy (non-hydrogen) atoms. The van der Waals surface area contributed by atoms with Crippen LogP contribution >= 0.6 is 0 Å². The second-order valence-electron chi connectivity index (χ2n) is 3.29. The van der Waals surface area contributed by atoms with Crippen LogP contribution in [-0.4, -0.2) is 5.97 Å². The number of ether oxygens (including phenoxy) is 1. The minimum Gasteiger partial charge on any atom is -0.431 e. The molecular formula is C8H12O2. The highest BCUT2D eigenvalue weighted by atomic mass is 16.5. The Kier molecular flexibility index (Phi) is 1.35. The molecule has 2 nitrogen and oxygen atoms in total. The van der Waals surface area contributed by atoms with E-state index in [2.05, 4.69) is 6.58 Å². The molecule has 1 rings (SSSR count). The molecule has 0 saturated carbocycles. The molecule has 1 atom stereocenters. The molecule has 1 aliphatic heterocycles. The summed E-state index contributed by atoms with van der Waals surface area (Å²) in [5.74, 6) is 0.375. The van der Waals surface area contributed by atoms with Crippen molar-refractivity contribution in [3.63, 3.8) is 0 Å². The Hall–Kier alpha value is -0.790. The van der Waals surface area contributed by atoms with Crippen molar-refractivity contribution in [1.82, 2.24) is 0 Å². The van der Waals surface area contributed by atoms with Crippen LogP contribution in [0.1, 0.15) is 20.8 Å². The van der Waals surface area contributed by atoms with Crippen molar-refractivity contribution in [3.8, 4) is 0 Å². The molecule has 56 valence electrons. The summed E-state index contributed by atoms with van der Waals surface area (Å²) in [7, 11) is 0. The first-order chi connectivity index (χ1) is 4.46. The van der Waals surface area contributed by atoms with Gasteiger partial charge in [0.15, 0.2) is 0 Å². The summed E-state index contributed by atoms with van der Waals surface area (Å²) in [5, 5.41) is 0. The standard InChI is InChI=1S/C8H12O2/c1-5-7(9)10-6(2)8(5,3)4/h5H,2H2,1,3-4H3. The number of carbonyl (C=O) groups is 1.